The Hall–Kier alpha value is -2.14. The number of aromatic nitrogens is 1. The van der Waals surface area contributed by atoms with Crippen LogP contribution in [0.5, 0.6) is 0 Å². The topological polar surface area (TPSA) is 55.6 Å². The molecule has 0 spiro atoms. The van der Waals surface area contributed by atoms with Crippen molar-refractivity contribution in [3.8, 4) is 11.3 Å². The second-order valence-electron chi connectivity index (χ2n) is 5.20. The molecule has 1 aliphatic heterocycles. The van der Waals surface area contributed by atoms with E-state index in [9.17, 15) is 4.79 Å². The third-order valence-electron chi connectivity index (χ3n) is 3.82. The van der Waals surface area contributed by atoms with Crippen molar-refractivity contribution in [3.63, 3.8) is 0 Å². The Morgan fingerprint density at radius 1 is 1.43 bits per heavy atom. The van der Waals surface area contributed by atoms with Gasteiger partial charge in [-0.3, -0.25) is 9.69 Å². The largest absolute Gasteiger partial charge is 0.468 e. The molecular formula is C16H18N2O3. The van der Waals surface area contributed by atoms with E-state index in [-0.39, 0.29) is 12.0 Å². The molecule has 0 saturated carbocycles. The van der Waals surface area contributed by atoms with Crippen molar-refractivity contribution in [2.24, 2.45) is 0 Å². The van der Waals surface area contributed by atoms with Gasteiger partial charge in [-0.05, 0) is 19.4 Å². The first-order valence-electron chi connectivity index (χ1n) is 7.11. The van der Waals surface area contributed by atoms with E-state index in [0.29, 0.717) is 6.54 Å². The number of likely N-dealkylation sites (tertiary alicyclic amines) is 1. The van der Waals surface area contributed by atoms with Gasteiger partial charge in [0, 0.05) is 18.2 Å². The van der Waals surface area contributed by atoms with Gasteiger partial charge in [-0.15, -0.1) is 0 Å². The summed E-state index contributed by atoms with van der Waals surface area (Å²) < 4.78 is 10.2. The van der Waals surface area contributed by atoms with Crippen molar-refractivity contribution < 1.29 is 14.1 Å². The zero-order valence-corrected chi connectivity index (χ0v) is 12.0. The molecule has 5 nitrogen and oxygen atoms in total. The van der Waals surface area contributed by atoms with Gasteiger partial charge in [0.1, 0.15) is 6.04 Å². The minimum absolute atomic E-state index is 0.160. The molecule has 3 rings (SSSR count). The highest BCUT2D eigenvalue weighted by Crippen LogP contribution is 2.24. The van der Waals surface area contributed by atoms with Gasteiger partial charge in [0.2, 0.25) is 0 Å². The number of carbonyl (C=O) groups excluding carboxylic acids is 1. The fourth-order valence-corrected chi connectivity index (χ4v) is 2.75. The molecule has 5 heteroatoms. The monoisotopic (exact) mass is 286 g/mol. The lowest BCUT2D eigenvalue weighted by Gasteiger charge is -2.20. The van der Waals surface area contributed by atoms with Gasteiger partial charge in [-0.25, -0.2) is 0 Å². The lowest BCUT2D eigenvalue weighted by atomic mass is 10.1. The summed E-state index contributed by atoms with van der Waals surface area (Å²) in [5.74, 6) is 0.582. The van der Waals surface area contributed by atoms with Gasteiger partial charge in [0.05, 0.1) is 12.8 Å². The second-order valence-corrected chi connectivity index (χ2v) is 5.20. The van der Waals surface area contributed by atoms with E-state index in [1.54, 1.807) is 0 Å². The maximum Gasteiger partial charge on any atom is 0.323 e. The number of rotatable bonds is 4. The van der Waals surface area contributed by atoms with Gasteiger partial charge in [0.15, 0.2) is 5.76 Å². The first-order chi connectivity index (χ1) is 10.3. The molecular weight excluding hydrogens is 268 g/mol. The van der Waals surface area contributed by atoms with Crippen molar-refractivity contribution >= 4 is 5.97 Å². The van der Waals surface area contributed by atoms with E-state index in [1.165, 1.54) is 7.11 Å². The predicted molar refractivity (Wildman–Crippen MR) is 77.4 cm³/mol. The van der Waals surface area contributed by atoms with Gasteiger partial charge in [0.25, 0.3) is 0 Å². The Labute approximate surface area is 123 Å². The molecule has 2 heterocycles. The highest BCUT2D eigenvalue weighted by Gasteiger charge is 2.31. The highest BCUT2D eigenvalue weighted by molar-refractivity contribution is 5.76. The average molecular weight is 286 g/mol. The maximum atomic E-state index is 11.7. The summed E-state index contributed by atoms with van der Waals surface area (Å²) in [6.45, 7) is 1.49. The summed E-state index contributed by atoms with van der Waals surface area (Å²) in [6, 6.07) is 11.6. The molecule has 1 aromatic heterocycles. The van der Waals surface area contributed by atoms with Crippen LogP contribution in [0.3, 0.4) is 0 Å². The molecule has 0 radical (unpaired) electrons. The first kappa shape index (κ1) is 13.8. The molecule has 110 valence electrons. The first-order valence-corrected chi connectivity index (χ1v) is 7.11. The van der Waals surface area contributed by atoms with Gasteiger partial charge in [-0.1, -0.05) is 35.5 Å². The Morgan fingerprint density at radius 3 is 3.00 bits per heavy atom. The molecule has 0 bridgehead atoms. The van der Waals surface area contributed by atoms with Gasteiger partial charge >= 0.3 is 5.97 Å². The normalized spacial score (nSPS) is 18.8. The van der Waals surface area contributed by atoms with Crippen LogP contribution in [0.1, 0.15) is 18.5 Å². The minimum Gasteiger partial charge on any atom is -0.468 e. The van der Waals surface area contributed by atoms with Crippen molar-refractivity contribution in [2.45, 2.75) is 25.4 Å². The Morgan fingerprint density at radius 2 is 2.24 bits per heavy atom. The van der Waals surface area contributed by atoms with Crippen LogP contribution in [0.2, 0.25) is 0 Å². The fourth-order valence-electron chi connectivity index (χ4n) is 2.75. The third-order valence-corrected chi connectivity index (χ3v) is 3.82. The summed E-state index contributed by atoms with van der Waals surface area (Å²) in [4.78, 5) is 13.8. The molecule has 0 amide bonds. The summed E-state index contributed by atoms with van der Waals surface area (Å²) >= 11 is 0. The zero-order valence-electron chi connectivity index (χ0n) is 12.0. The zero-order chi connectivity index (χ0) is 14.7. The number of hydrogen-bond donors (Lipinski definition) is 0. The number of esters is 1. The predicted octanol–water partition coefficient (Wildman–Crippen LogP) is 2.48. The lowest BCUT2D eigenvalue weighted by molar-refractivity contribution is -0.146. The Bertz CT molecular complexity index is 609. The van der Waals surface area contributed by atoms with Crippen molar-refractivity contribution in [3.05, 3.63) is 42.1 Å². The van der Waals surface area contributed by atoms with E-state index >= 15 is 0 Å². The van der Waals surface area contributed by atoms with Crippen LogP contribution in [0, 0.1) is 0 Å². The third kappa shape index (κ3) is 2.97. The summed E-state index contributed by atoms with van der Waals surface area (Å²) in [7, 11) is 1.43. The van der Waals surface area contributed by atoms with Crippen LogP contribution in [-0.4, -0.2) is 35.7 Å². The quantitative estimate of drug-likeness (QED) is 0.808. The molecule has 0 aliphatic carbocycles. The van der Waals surface area contributed by atoms with E-state index in [0.717, 1.165) is 36.4 Å². The highest BCUT2D eigenvalue weighted by atomic mass is 16.5. The molecule has 1 atom stereocenters. The number of carbonyl (C=O) groups is 1. The van der Waals surface area contributed by atoms with E-state index in [1.807, 2.05) is 36.4 Å². The fraction of sp³-hybridized carbons (Fsp3) is 0.375. The number of methoxy groups -OCH3 is 1. The molecule has 2 aromatic rings. The van der Waals surface area contributed by atoms with Crippen LogP contribution in [0.4, 0.5) is 0 Å². The molecule has 1 aromatic carbocycles. The smallest absolute Gasteiger partial charge is 0.323 e. The van der Waals surface area contributed by atoms with Crippen LogP contribution in [-0.2, 0) is 16.1 Å². The molecule has 0 N–H and O–H groups in total. The van der Waals surface area contributed by atoms with Crippen LogP contribution >= 0.6 is 0 Å². The van der Waals surface area contributed by atoms with E-state index < -0.39 is 0 Å². The number of hydrogen-bond acceptors (Lipinski definition) is 5. The molecule has 1 unspecified atom stereocenters. The Kier molecular flexibility index (Phi) is 4.01. The minimum atomic E-state index is -0.167. The molecule has 1 saturated heterocycles. The summed E-state index contributed by atoms with van der Waals surface area (Å²) in [5, 5.41) is 4.11. The Balaban J connectivity index is 1.71. The lowest BCUT2D eigenvalue weighted by Crippen LogP contribution is -2.36. The van der Waals surface area contributed by atoms with Crippen molar-refractivity contribution in [1.29, 1.82) is 0 Å². The number of ether oxygens (including phenoxy) is 1. The second kappa shape index (κ2) is 6.10. The van der Waals surface area contributed by atoms with Gasteiger partial charge in [-0.2, -0.15) is 0 Å². The summed E-state index contributed by atoms with van der Waals surface area (Å²) in [6.07, 6.45) is 1.85. The SMILES string of the molecule is COC(=O)C1CCCN1Cc1cc(-c2ccccc2)on1. The maximum absolute atomic E-state index is 11.7. The van der Waals surface area contributed by atoms with Crippen molar-refractivity contribution in [2.75, 3.05) is 13.7 Å². The number of benzene rings is 1. The number of nitrogens with zero attached hydrogens (tertiary/aromatic N) is 2. The van der Waals surface area contributed by atoms with E-state index in [4.69, 9.17) is 9.26 Å². The van der Waals surface area contributed by atoms with Gasteiger partial charge < -0.3 is 9.26 Å². The van der Waals surface area contributed by atoms with Crippen molar-refractivity contribution in [1.82, 2.24) is 10.1 Å². The summed E-state index contributed by atoms with van der Waals surface area (Å²) in [5.41, 5.74) is 1.84. The molecule has 21 heavy (non-hydrogen) atoms. The van der Waals surface area contributed by atoms with Crippen LogP contribution < -0.4 is 0 Å². The average Bonchev–Trinajstić information content (AvgIpc) is 3.17. The molecule has 1 aliphatic rings. The molecule has 1 fully saturated rings. The van der Waals surface area contributed by atoms with Crippen LogP contribution in [0.15, 0.2) is 40.9 Å². The van der Waals surface area contributed by atoms with Crippen LogP contribution in [0.25, 0.3) is 11.3 Å². The standard InChI is InChI=1S/C16H18N2O3/c1-20-16(19)14-8-5-9-18(14)11-13-10-15(21-17-13)12-6-3-2-4-7-12/h2-4,6-7,10,14H,5,8-9,11H2,1H3. The van der Waals surface area contributed by atoms with E-state index in [2.05, 4.69) is 10.1 Å².